The van der Waals surface area contributed by atoms with Crippen LogP contribution in [-0.2, 0) is 9.84 Å². The molecule has 0 aliphatic carbocycles. The fraction of sp³-hybridized carbons (Fsp3) is 1.00. The van der Waals surface area contributed by atoms with Crippen LogP contribution in [0.1, 0.15) is 20.3 Å². The molecule has 0 radical (unpaired) electrons. The summed E-state index contributed by atoms with van der Waals surface area (Å²) >= 11 is 1.99. The van der Waals surface area contributed by atoms with E-state index < -0.39 is 9.84 Å². The van der Waals surface area contributed by atoms with Gasteiger partial charge in [0, 0.05) is 6.54 Å². The van der Waals surface area contributed by atoms with E-state index in [1.54, 1.807) is 13.8 Å². The van der Waals surface area contributed by atoms with E-state index in [1.807, 2.05) is 11.8 Å². The predicted octanol–water partition coefficient (Wildman–Crippen LogP) is 1.15. The number of nitrogens with one attached hydrogen (secondary N) is 1. The van der Waals surface area contributed by atoms with Gasteiger partial charge < -0.3 is 5.32 Å². The van der Waals surface area contributed by atoms with Gasteiger partial charge in [0.05, 0.1) is 11.0 Å². The van der Waals surface area contributed by atoms with Crippen LogP contribution in [0, 0.1) is 5.92 Å². The van der Waals surface area contributed by atoms with E-state index in [1.165, 1.54) is 17.9 Å². The standard InChI is InChI=1S/C10H21NO2S2/c1-9(2)15(12,13)6-4-11-7-10-3-5-14-8-10/h9-11H,3-8H2,1-2H3. The van der Waals surface area contributed by atoms with Gasteiger partial charge in [0.1, 0.15) is 0 Å². The van der Waals surface area contributed by atoms with Gasteiger partial charge in [-0.05, 0) is 44.2 Å². The first-order chi connectivity index (χ1) is 7.02. The van der Waals surface area contributed by atoms with E-state index in [9.17, 15) is 8.42 Å². The van der Waals surface area contributed by atoms with Crippen molar-refractivity contribution >= 4 is 21.6 Å². The second kappa shape index (κ2) is 6.11. The highest BCUT2D eigenvalue weighted by Gasteiger charge is 2.17. The van der Waals surface area contributed by atoms with Crippen molar-refractivity contribution < 1.29 is 8.42 Å². The molecule has 1 heterocycles. The normalized spacial score (nSPS) is 22.5. The minimum Gasteiger partial charge on any atom is -0.315 e. The molecule has 0 spiro atoms. The predicted molar refractivity (Wildman–Crippen MR) is 67.2 cm³/mol. The lowest BCUT2D eigenvalue weighted by Gasteiger charge is -2.11. The molecule has 1 aliphatic heterocycles. The molecule has 15 heavy (non-hydrogen) atoms. The molecule has 1 atom stereocenters. The molecule has 1 saturated heterocycles. The van der Waals surface area contributed by atoms with Crippen molar-refractivity contribution in [2.75, 3.05) is 30.3 Å². The Hall–Kier alpha value is 0.260. The molecule has 5 heteroatoms. The van der Waals surface area contributed by atoms with Gasteiger partial charge in [0.25, 0.3) is 0 Å². The highest BCUT2D eigenvalue weighted by atomic mass is 32.2. The van der Waals surface area contributed by atoms with E-state index in [4.69, 9.17) is 0 Å². The summed E-state index contributed by atoms with van der Waals surface area (Å²) in [6.07, 6.45) is 1.27. The van der Waals surface area contributed by atoms with Crippen LogP contribution in [-0.4, -0.2) is 44.0 Å². The smallest absolute Gasteiger partial charge is 0.153 e. The zero-order chi connectivity index (χ0) is 11.3. The Morgan fingerprint density at radius 3 is 2.73 bits per heavy atom. The van der Waals surface area contributed by atoms with E-state index in [-0.39, 0.29) is 11.0 Å². The van der Waals surface area contributed by atoms with Crippen molar-refractivity contribution in [1.29, 1.82) is 0 Å². The Labute approximate surface area is 97.3 Å². The van der Waals surface area contributed by atoms with Crippen molar-refractivity contribution in [3.63, 3.8) is 0 Å². The monoisotopic (exact) mass is 251 g/mol. The lowest BCUT2D eigenvalue weighted by Crippen LogP contribution is -2.30. The van der Waals surface area contributed by atoms with Crippen LogP contribution >= 0.6 is 11.8 Å². The minimum absolute atomic E-state index is 0.249. The SMILES string of the molecule is CC(C)S(=O)(=O)CCNCC1CCSC1. The van der Waals surface area contributed by atoms with E-state index in [0.717, 1.165) is 12.5 Å². The fourth-order valence-corrected chi connectivity index (χ4v) is 3.69. The maximum Gasteiger partial charge on any atom is 0.153 e. The lowest BCUT2D eigenvalue weighted by atomic mass is 10.1. The summed E-state index contributed by atoms with van der Waals surface area (Å²) < 4.78 is 23.0. The van der Waals surface area contributed by atoms with Crippen LogP contribution in [0.15, 0.2) is 0 Å². The average Bonchev–Trinajstić information content (AvgIpc) is 2.64. The van der Waals surface area contributed by atoms with Crippen molar-refractivity contribution in [2.24, 2.45) is 5.92 Å². The summed E-state index contributed by atoms with van der Waals surface area (Å²) in [4.78, 5) is 0. The van der Waals surface area contributed by atoms with Gasteiger partial charge in [-0.3, -0.25) is 0 Å². The third-order valence-corrected chi connectivity index (χ3v) is 6.18. The van der Waals surface area contributed by atoms with Gasteiger partial charge >= 0.3 is 0 Å². The van der Waals surface area contributed by atoms with Gasteiger partial charge in [-0.2, -0.15) is 11.8 Å². The molecular weight excluding hydrogens is 230 g/mol. The number of sulfone groups is 1. The molecular formula is C10H21NO2S2. The lowest BCUT2D eigenvalue weighted by molar-refractivity contribution is 0.530. The van der Waals surface area contributed by atoms with Gasteiger partial charge in [0.2, 0.25) is 0 Å². The average molecular weight is 251 g/mol. The summed E-state index contributed by atoms with van der Waals surface area (Å²) in [5, 5.41) is 3.00. The Balaban J connectivity index is 2.11. The maximum absolute atomic E-state index is 11.5. The third-order valence-electron chi connectivity index (χ3n) is 2.74. The summed E-state index contributed by atoms with van der Waals surface area (Å²) in [6.45, 7) is 5.05. The van der Waals surface area contributed by atoms with Crippen LogP contribution in [0.25, 0.3) is 0 Å². The molecule has 1 N–H and O–H groups in total. The van der Waals surface area contributed by atoms with Crippen molar-refractivity contribution in [3.05, 3.63) is 0 Å². The van der Waals surface area contributed by atoms with Crippen LogP contribution in [0.4, 0.5) is 0 Å². The second-order valence-electron chi connectivity index (χ2n) is 4.35. The van der Waals surface area contributed by atoms with Crippen LogP contribution in [0.3, 0.4) is 0 Å². The van der Waals surface area contributed by atoms with Gasteiger partial charge in [-0.15, -0.1) is 0 Å². The summed E-state index contributed by atoms with van der Waals surface area (Å²) in [6, 6.07) is 0. The molecule has 1 rings (SSSR count). The topological polar surface area (TPSA) is 46.2 Å². The van der Waals surface area contributed by atoms with Gasteiger partial charge in [-0.25, -0.2) is 8.42 Å². The van der Waals surface area contributed by atoms with Crippen molar-refractivity contribution in [2.45, 2.75) is 25.5 Å². The molecule has 0 aromatic carbocycles. The summed E-state index contributed by atoms with van der Waals surface area (Å²) in [5.74, 6) is 3.50. The van der Waals surface area contributed by atoms with Gasteiger partial charge in [0.15, 0.2) is 9.84 Å². The molecule has 0 saturated carbocycles. The quantitative estimate of drug-likeness (QED) is 0.720. The minimum atomic E-state index is -2.86. The van der Waals surface area contributed by atoms with Crippen LogP contribution in [0.2, 0.25) is 0 Å². The first-order valence-electron chi connectivity index (χ1n) is 5.52. The van der Waals surface area contributed by atoms with Crippen LogP contribution < -0.4 is 5.32 Å². The molecule has 1 unspecified atom stereocenters. The zero-order valence-corrected chi connectivity index (χ0v) is 11.2. The molecule has 0 aromatic heterocycles. The Kier molecular flexibility index (Phi) is 5.43. The maximum atomic E-state index is 11.5. The molecule has 0 bridgehead atoms. The second-order valence-corrected chi connectivity index (χ2v) is 8.18. The van der Waals surface area contributed by atoms with Crippen molar-refractivity contribution in [1.82, 2.24) is 5.32 Å². The fourth-order valence-electron chi connectivity index (χ4n) is 1.50. The Morgan fingerprint density at radius 1 is 1.47 bits per heavy atom. The number of thioether (sulfide) groups is 1. The highest BCUT2D eigenvalue weighted by molar-refractivity contribution is 7.99. The van der Waals surface area contributed by atoms with Crippen LogP contribution in [0.5, 0.6) is 0 Å². The first kappa shape index (κ1) is 13.3. The number of hydrogen-bond acceptors (Lipinski definition) is 4. The number of rotatable bonds is 6. The molecule has 0 aromatic rings. The number of hydrogen-bond donors (Lipinski definition) is 1. The van der Waals surface area contributed by atoms with Gasteiger partial charge in [-0.1, -0.05) is 0 Å². The molecule has 1 aliphatic rings. The first-order valence-corrected chi connectivity index (χ1v) is 8.39. The van der Waals surface area contributed by atoms with E-state index >= 15 is 0 Å². The Bertz CT molecular complexity index is 269. The van der Waals surface area contributed by atoms with E-state index in [0.29, 0.717) is 6.54 Å². The largest absolute Gasteiger partial charge is 0.315 e. The highest BCUT2D eigenvalue weighted by Crippen LogP contribution is 2.22. The molecule has 90 valence electrons. The summed E-state index contributed by atoms with van der Waals surface area (Å²) in [7, 11) is -2.86. The third kappa shape index (κ3) is 4.74. The summed E-state index contributed by atoms with van der Waals surface area (Å²) in [5.41, 5.74) is 0. The molecule has 1 fully saturated rings. The van der Waals surface area contributed by atoms with Crippen molar-refractivity contribution in [3.8, 4) is 0 Å². The van der Waals surface area contributed by atoms with E-state index in [2.05, 4.69) is 5.32 Å². The zero-order valence-electron chi connectivity index (χ0n) is 9.53. The molecule has 3 nitrogen and oxygen atoms in total. The molecule has 0 amide bonds. The Morgan fingerprint density at radius 2 is 2.20 bits per heavy atom.